The number of fused-ring (bicyclic) bond motifs is 12. The van der Waals surface area contributed by atoms with Gasteiger partial charge in [0.25, 0.3) is 5.91 Å². The number of benzene rings is 4. The van der Waals surface area contributed by atoms with Crippen LogP contribution in [0, 0.1) is 0 Å². The summed E-state index contributed by atoms with van der Waals surface area (Å²) < 4.78 is 0.280. The predicted octanol–water partition coefficient (Wildman–Crippen LogP) is 11.3. The van der Waals surface area contributed by atoms with Crippen LogP contribution in [-0.2, 0) is 9.59 Å². The summed E-state index contributed by atoms with van der Waals surface area (Å²) in [5.41, 5.74) is 18.7. The summed E-state index contributed by atoms with van der Waals surface area (Å²) in [6.45, 7) is 6.61. The van der Waals surface area contributed by atoms with E-state index in [1.165, 1.54) is 66.8 Å². The Morgan fingerprint density at radius 3 is 1.86 bits per heavy atom. The zero-order valence-corrected chi connectivity index (χ0v) is 30.5. The zero-order valence-electron chi connectivity index (χ0n) is 28.1. The Balaban J connectivity index is 1.22. The number of nitrogens with zero attached hydrogens (tertiary/aromatic N) is 1. The minimum atomic E-state index is -1.08. The molecule has 3 unspecified atom stereocenters. The van der Waals surface area contributed by atoms with Crippen LogP contribution in [0.2, 0.25) is 0 Å². The zero-order chi connectivity index (χ0) is 34.4. The maximum Gasteiger partial charge on any atom is 0.323 e. The van der Waals surface area contributed by atoms with Crippen LogP contribution in [0.4, 0.5) is 0 Å². The maximum absolute atomic E-state index is 13.0. The monoisotopic (exact) mass is 709 g/mol. The highest BCUT2D eigenvalue weighted by atomic mass is 32.2. The molecule has 0 radical (unpaired) electrons. The molecule has 9 rings (SSSR count). The molecule has 4 aromatic carbocycles. The number of thiophene rings is 1. The molecule has 3 aliphatic carbocycles. The Labute approximate surface area is 305 Å². The predicted molar refractivity (Wildman–Crippen MR) is 210 cm³/mol. The van der Waals surface area contributed by atoms with Crippen molar-refractivity contribution < 1.29 is 14.7 Å². The standard InChI is InChI=1S/C43H35NO3S3/c1-4-24-27-11-7-9-13-30(27)40-36(24)39-31-14-10-8-12-28(31)25(5-2)37(39)41-32-19-22(15-17-29(32)26(6-3)38(40)41)33-18-16-23(49-33)20-34-42(47)44(21-35(45)46)43(48)50-34/h7-20,24-26H,4-6,21H2,1-3H3,(H,45,46)/b34-20-. The summed E-state index contributed by atoms with van der Waals surface area (Å²) in [7, 11) is 0. The van der Waals surface area contributed by atoms with Gasteiger partial charge in [0, 0.05) is 27.5 Å². The topological polar surface area (TPSA) is 57.6 Å². The van der Waals surface area contributed by atoms with Crippen molar-refractivity contribution in [3.05, 3.63) is 122 Å². The van der Waals surface area contributed by atoms with Crippen molar-refractivity contribution in [3.63, 3.8) is 0 Å². The Hall–Kier alpha value is -4.30. The number of carboxylic acids is 1. The average molecular weight is 710 g/mol. The molecule has 2 heterocycles. The summed E-state index contributed by atoms with van der Waals surface area (Å²) in [6, 6.07) is 29.5. The second-order valence-electron chi connectivity index (χ2n) is 13.6. The van der Waals surface area contributed by atoms with E-state index in [0.29, 0.717) is 22.7 Å². The highest BCUT2D eigenvalue weighted by molar-refractivity contribution is 8.26. The molecular weight excluding hydrogens is 675 g/mol. The molecular formula is C43H35NO3S3. The van der Waals surface area contributed by atoms with Crippen molar-refractivity contribution >= 4 is 57.6 Å². The van der Waals surface area contributed by atoms with Gasteiger partial charge in [-0.3, -0.25) is 14.5 Å². The number of carbonyl (C=O) groups excluding carboxylic acids is 1. The van der Waals surface area contributed by atoms with E-state index in [-0.39, 0.29) is 10.2 Å². The molecule has 4 nitrogen and oxygen atoms in total. The van der Waals surface area contributed by atoms with Crippen molar-refractivity contribution in [3.8, 4) is 43.8 Å². The van der Waals surface area contributed by atoms with Gasteiger partial charge in [0.15, 0.2) is 0 Å². The van der Waals surface area contributed by atoms with E-state index in [2.05, 4.69) is 93.6 Å². The third-order valence-corrected chi connectivity index (χ3v) is 13.6. The van der Waals surface area contributed by atoms with E-state index in [1.54, 1.807) is 16.9 Å². The van der Waals surface area contributed by atoms with Gasteiger partial charge < -0.3 is 5.11 Å². The minimum Gasteiger partial charge on any atom is -0.480 e. The second kappa shape index (κ2) is 11.9. The lowest BCUT2D eigenvalue weighted by molar-refractivity contribution is -0.140. The number of thiocarbonyl (C=S) groups is 1. The third-order valence-electron chi connectivity index (χ3n) is 11.1. The Morgan fingerprint density at radius 2 is 1.30 bits per heavy atom. The lowest BCUT2D eigenvalue weighted by atomic mass is 9.79. The van der Waals surface area contributed by atoms with Crippen LogP contribution >= 0.6 is 35.3 Å². The Bertz CT molecular complexity index is 2320. The van der Waals surface area contributed by atoms with Crippen LogP contribution in [0.15, 0.2) is 83.8 Å². The van der Waals surface area contributed by atoms with E-state index < -0.39 is 12.5 Å². The quantitative estimate of drug-likeness (QED) is 0.135. The summed E-state index contributed by atoms with van der Waals surface area (Å²) >= 11 is 8.12. The summed E-state index contributed by atoms with van der Waals surface area (Å²) in [6.07, 6.45) is 5.01. The molecule has 0 spiro atoms. The van der Waals surface area contributed by atoms with Crippen molar-refractivity contribution in [1.29, 1.82) is 0 Å². The Morgan fingerprint density at radius 1 is 0.760 bits per heavy atom. The molecule has 3 atom stereocenters. The third kappa shape index (κ3) is 4.46. The molecule has 0 saturated carbocycles. The molecule has 248 valence electrons. The van der Waals surface area contributed by atoms with Gasteiger partial charge in [-0.2, -0.15) is 0 Å². The Kier molecular flexibility index (Phi) is 7.54. The average Bonchev–Trinajstić information content (AvgIpc) is 3.92. The normalized spacial score (nSPS) is 20.2. The number of carboxylic acid groups (broad SMARTS) is 1. The largest absolute Gasteiger partial charge is 0.480 e. The number of rotatable bonds is 7. The first-order valence-electron chi connectivity index (χ1n) is 17.5. The van der Waals surface area contributed by atoms with Gasteiger partial charge >= 0.3 is 5.97 Å². The molecule has 50 heavy (non-hydrogen) atoms. The molecule has 1 aromatic heterocycles. The van der Waals surface area contributed by atoms with E-state index >= 15 is 0 Å². The van der Waals surface area contributed by atoms with E-state index in [1.807, 2.05) is 12.1 Å². The van der Waals surface area contributed by atoms with Gasteiger partial charge in [0.2, 0.25) is 0 Å². The SMILES string of the molecule is CCC1c2ccccc2-c2c1c1c(c3c2C(CC)c2ccc(-c4ccc(/C=C5\SC(=S)N(CC(=O)O)C5=O)s4)cc2-3)C(CC)c2ccccc2-1. The van der Waals surface area contributed by atoms with Crippen LogP contribution in [0.5, 0.6) is 0 Å². The second-order valence-corrected chi connectivity index (χ2v) is 16.4. The fraction of sp³-hybridized carbons (Fsp3) is 0.233. The summed E-state index contributed by atoms with van der Waals surface area (Å²) in [5, 5.41) is 9.23. The van der Waals surface area contributed by atoms with Crippen molar-refractivity contribution in [2.24, 2.45) is 0 Å². The number of hydrogen-bond acceptors (Lipinski definition) is 5. The molecule has 1 fully saturated rings. The molecule has 7 heteroatoms. The lowest BCUT2D eigenvalue weighted by Crippen LogP contribution is -2.33. The number of amides is 1. The van der Waals surface area contributed by atoms with E-state index in [4.69, 9.17) is 12.2 Å². The van der Waals surface area contributed by atoms with Crippen molar-refractivity contribution in [1.82, 2.24) is 4.90 Å². The van der Waals surface area contributed by atoms with Gasteiger partial charge in [-0.1, -0.05) is 105 Å². The molecule has 1 amide bonds. The van der Waals surface area contributed by atoms with Crippen LogP contribution in [0.3, 0.4) is 0 Å². The van der Waals surface area contributed by atoms with Gasteiger partial charge in [-0.05, 0) is 116 Å². The molecule has 1 aliphatic heterocycles. The van der Waals surface area contributed by atoms with Crippen molar-refractivity contribution in [2.45, 2.75) is 57.8 Å². The number of hydrogen-bond donors (Lipinski definition) is 1. The number of aliphatic carboxylic acids is 1. The smallest absolute Gasteiger partial charge is 0.323 e. The molecule has 5 aromatic rings. The van der Waals surface area contributed by atoms with Gasteiger partial charge in [0.1, 0.15) is 10.9 Å². The van der Waals surface area contributed by atoms with Crippen LogP contribution in [0.25, 0.3) is 49.9 Å². The fourth-order valence-electron chi connectivity index (χ4n) is 9.24. The fourth-order valence-corrected chi connectivity index (χ4v) is 11.5. The van der Waals surface area contributed by atoms with Crippen LogP contribution in [0.1, 0.15) is 96.0 Å². The molecule has 0 bridgehead atoms. The minimum absolute atomic E-state index is 0.280. The molecule has 1 N–H and O–H groups in total. The molecule has 4 aliphatic rings. The number of carbonyl (C=O) groups is 2. The highest BCUT2D eigenvalue weighted by Gasteiger charge is 2.45. The summed E-state index contributed by atoms with van der Waals surface area (Å²) in [5.74, 6) is -0.374. The van der Waals surface area contributed by atoms with Crippen molar-refractivity contribution in [2.75, 3.05) is 6.54 Å². The first kappa shape index (κ1) is 31.7. The summed E-state index contributed by atoms with van der Waals surface area (Å²) in [4.78, 5) is 27.9. The number of thioether (sulfide) groups is 1. The van der Waals surface area contributed by atoms with Gasteiger partial charge in [0.05, 0.1) is 4.91 Å². The first-order chi connectivity index (χ1) is 24.3. The lowest BCUT2D eigenvalue weighted by Gasteiger charge is -2.24. The van der Waals surface area contributed by atoms with Gasteiger partial charge in [-0.25, -0.2) is 0 Å². The van der Waals surface area contributed by atoms with E-state index in [0.717, 1.165) is 45.7 Å². The van der Waals surface area contributed by atoms with E-state index in [9.17, 15) is 14.7 Å². The molecule has 1 saturated heterocycles. The van der Waals surface area contributed by atoms with Crippen LogP contribution < -0.4 is 0 Å². The maximum atomic E-state index is 13.0. The highest BCUT2D eigenvalue weighted by Crippen LogP contribution is 2.65. The van der Waals surface area contributed by atoms with Crippen LogP contribution in [-0.4, -0.2) is 32.7 Å². The first-order valence-corrected chi connectivity index (χ1v) is 19.5. The van der Waals surface area contributed by atoms with Gasteiger partial charge in [-0.15, -0.1) is 11.3 Å².